The second-order valence-corrected chi connectivity index (χ2v) is 4.68. The molecule has 4 nitrogen and oxygen atoms in total. The highest BCUT2D eigenvalue weighted by Gasteiger charge is 2.21. The molecule has 1 atom stereocenters. The molecule has 94 valence electrons. The number of piperidine rings is 1. The second kappa shape index (κ2) is 5.98. The number of rotatable bonds is 4. The average Bonchev–Trinajstić information content (AvgIpc) is 2.39. The fourth-order valence-corrected chi connectivity index (χ4v) is 2.57. The number of pyridine rings is 1. The van der Waals surface area contributed by atoms with E-state index in [1.807, 2.05) is 12.3 Å². The zero-order chi connectivity index (χ0) is 12.1. The van der Waals surface area contributed by atoms with Gasteiger partial charge in [-0.2, -0.15) is 0 Å². The Morgan fingerprint density at radius 1 is 1.53 bits per heavy atom. The maximum Gasteiger partial charge on any atom is 0.0598 e. The van der Waals surface area contributed by atoms with Crippen molar-refractivity contribution in [2.45, 2.75) is 25.8 Å². The van der Waals surface area contributed by atoms with Crippen LogP contribution in [0.4, 0.5) is 5.69 Å². The third kappa shape index (κ3) is 2.96. The summed E-state index contributed by atoms with van der Waals surface area (Å²) in [7, 11) is 0. The maximum atomic E-state index is 9.03. The van der Waals surface area contributed by atoms with Crippen LogP contribution in [0.3, 0.4) is 0 Å². The van der Waals surface area contributed by atoms with Crippen LogP contribution >= 0.6 is 0 Å². The van der Waals surface area contributed by atoms with Gasteiger partial charge in [-0.05, 0) is 36.8 Å². The number of hydrogen-bond donors (Lipinski definition) is 2. The van der Waals surface area contributed by atoms with Crippen molar-refractivity contribution in [3.63, 3.8) is 0 Å². The molecule has 0 radical (unpaired) electrons. The van der Waals surface area contributed by atoms with Crippen LogP contribution in [0.1, 0.15) is 24.8 Å². The van der Waals surface area contributed by atoms with Crippen molar-refractivity contribution in [1.29, 1.82) is 0 Å². The van der Waals surface area contributed by atoms with E-state index in [-0.39, 0.29) is 6.61 Å². The summed E-state index contributed by atoms with van der Waals surface area (Å²) in [6.07, 6.45) is 7.00. The van der Waals surface area contributed by atoms with E-state index >= 15 is 0 Å². The van der Waals surface area contributed by atoms with Crippen molar-refractivity contribution >= 4 is 5.69 Å². The van der Waals surface area contributed by atoms with Gasteiger partial charge in [0, 0.05) is 32.4 Å². The minimum absolute atomic E-state index is 0.287. The summed E-state index contributed by atoms with van der Waals surface area (Å²) in [5, 5.41) is 9.03. The molecule has 0 bridgehead atoms. The first-order valence-corrected chi connectivity index (χ1v) is 6.34. The van der Waals surface area contributed by atoms with E-state index in [9.17, 15) is 0 Å². The number of nitrogens with two attached hydrogens (primary N) is 1. The Balaban J connectivity index is 2.10. The molecule has 1 aliphatic rings. The molecule has 2 rings (SSSR count). The number of hydrogen-bond acceptors (Lipinski definition) is 4. The van der Waals surface area contributed by atoms with E-state index in [0.717, 1.165) is 30.8 Å². The van der Waals surface area contributed by atoms with Crippen LogP contribution in [0.5, 0.6) is 0 Å². The van der Waals surface area contributed by atoms with Crippen molar-refractivity contribution in [2.24, 2.45) is 11.7 Å². The molecule has 1 aliphatic heterocycles. The van der Waals surface area contributed by atoms with Crippen molar-refractivity contribution in [3.05, 3.63) is 24.0 Å². The van der Waals surface area contributed by atoms with Crippen LogP contribution in [0.2, 0.25) is 0 Å². The highest BCUT2D eigenvalue weighted by molar-refractivity contribution is 5.51. The molecule has 17 heavy (non-hydrogen) atoms. The van der Waals surface area contributed by atoms with Crippen molar-refractivity contribution < 1.29 is 5.11 Å². The molecule has 0 aromatic carbocycles. The maximum absolute atomic E-state index is 9.03. The van der Waals surface area contributed by atoms with Gasteiger partial charge < -0.3 is 15.7 Å². The number of aromatic nitrogens is 1. The normalized spacial score (nSPS) is 20.6. The van der Waals surface area contributed by atoms with Gasteiger partial charge in [-0.25, -0.2) is 0 Å². The Hall–Kier alpha value is -1.13. The van der Waals surface area contributed by atoms with Gasteiger partial charge in [-0.1, -0.05) is 0 Å². The predicted molar refractivity (Wildman–Crippen MR) is 68.8 cm³/mol. The van der Waals surface area contributed by atoms with Crippen LogP contribution in [0.15, 0.2) is 18.5 Å². The van der Waals surface area contributed by atoms with Crippen LogP contribution < -0.4 is 10.6 Å². The molecule has 2 heterocycles. The summed E-state index contributed by atoms with van der Waals surface area (Å²) >= 11 is 0. The summed E-state index contributed by atoms with van der Waals surface area (Å²) in [5.74, 6) is 0.597. The van der Waals surface area contributed by atoms with Crippen molar-refractivity contribution in [3.8, 4) is 0 Å². The van der Waals surface area contributed by atoms with Gasteiger partial charge in [0.15, 0.2) is 0 Å². The lowest BCUT2D eigenvalue weighted by atomic mass is 9.94. The Morgan fingerprint density at radius 3 is 3.18 bits per heavy atom. The van der Waals surface area contributed by atoms with E-state index in [1.54, 1.807) is 6.20 Å². The Kier molecular flexibility index (Phi) is 4.34. The largest absolute Gasteiger partial charge is 0.396 e. The lowest BCUT2D eigenvalue weighted by Crippen LogP contribution is -2.36. The lowest BCUT2D eigenvalue weighted by molar-refractivity contribution is 0.244. The molecule has 0 saturated carbocycles. The minimum Gasteiger partial charge on any atom is -0.396 e. The SMILES string of the molecule is NCc1ccncc1N1CCCC(CCO)C1. The van der Waals surface area contributed by atoms with Crippen LogP contribution in [0.25, 0.3) is 0 Å². The highest BCUT2D eigenvalue weighted by atomic mass is 16.3. The number of anilines is 1. The minimum atomic E-state index is 0.287. The van der Waals surface area contributed by atoms with Crippen LogP contribution in [0, 0.1) is 5.92 Å². The zero-order valence-corrected chi connectivity index (χ0v) is 10.2. The Labute approximate surface area is 102 Å². The summed E-state index contributed by atoms with van der Waals surface area (Å²) in [6, 6.07) is 1.99. The summed E-state index contributed by atoms with van der Waals surface area (Å²) < 4.78 is 0. The summed E-state index contributed by atoms with van der Waals surface area (Å²) in [4.78, 5) is 6.55. The molecule has 1 saturated heterocycles. The molecular weight excluding hydrogens is 214 g/mol. The Morgan fingerprint density at radius 2 is 2.41 bits per heavy atom. The topological polar surface area (TPSA) is 62.4 Å². The molecule has 0 spiro atoms. The molecule has 1 aromatic rings. The van der Waals surface area contributed by atoms with Gasteiger partial charge in [0.05, 0.1) is 11.9 Å². The van der Waals surface area contributed by atoms with E-state index < -0.39 is 0 Å². The number of aliphatic hydroxyl groups is 1. The molecule has 0 aliphatic carbocycles. The fourth-order valence-electron chi connectivity index (χ4n) is 2.57. The van der Waals surface area contributed by atoms with Gasteiger partial charge in [0.1, 0.15) is 0 Å². The third-order valence-corrected chi connectivity index (χ3v) is 3.50. The van der Waals surface area contributed by atoms with E-state index in [4.69, 9.17) is 10.8 Å². The first-order valence-electron chi connectivity index (χ1n) is 6.34. The average molecular weight is 235 g/mol. The molecule has 0 amide bonds. The fraction of sp³-hybridized carbons (Fsp3) is 0.615. The van der Waals surface area contributed by atoms with Gasteiger partial charge in [-0.15, -0.1) is 0 Å². The molecule has 4 heteroatoms. The quantitative estimate of drug-likeness (QED) is 0.821. The molecular formula is C13H21N3O. The monoisotopic (exact) mass is 235 g/mol. The van der Waals surface area contributed by atoms with Crippen molar-refractivity contribution in [2.75, 3.05) is 24.6 Å². The Bertz CT molecular complexity index is 354. The lowest BCUT2D eigenvalue weighted by Gasteiger charge is -2.35. The van der Waals surface area contributed by atoms with Gasteiger partial charge in [0.2, 0.25) is 0 Å². The molecule has 1 unspecified atom stereocenters. The van der Waals surface area contributed by atoms with E-state index in [0.29, 0.717) is 12.5 Å². The third-order valence-electron chi connectivity index (χ3n) is 3.50. The first-order chi connectivity index (χ1) is 8.35. The molecule has 1 aromatic heterocycles. The van der Waals surface area contributed by atoms with E-state index in [2.05, 4.69) is 9.88 Å². The van der Waals surface area contributed by atoms with Gasteiger partial charge >= 0.3 is 0 Å². The predicted octanol–water partition coefficient (Wildman–Crippen LogP) is 1.14. The summed E-state index contributed by atoms with van der Waals surface area (Å²) in [6.45, 7) is 2.92. The van der Waals surface area contributed by atoms with Crippen LogP contribution in [-0.4, -0.2) is 29.8 Å². The van der Waals surface area contributed by atoms with Gasteiger partial charge in [0.25, 0.3) is 0 Å². The standard InChI is InChI=1S/C13H21N3O/c14-8-12-3-5-15-9-13(12)16-6-1-2-11(10-16)4-7-17/h3,5,9,11,17H,1-2,4,6-8,10,14H2. The van der Waals surface area contributed by atoms with Gasteiger partial charge in [-0.3, -0.25) is 4.98 Å². The van der Waals surface area contributed by atoms with E-state index in [1.165, 1.54) is 12.8 Å². The van der Waals surface area contributed by atoms with Crippen LogP contribution in [-0.2, 0) is 6.54 Å². The first kappa shape index (κ1) is 12.3. The smallest absolute Gasteiger partial charge is 0.0598 e. The zero-order valence-electron chi connectivity index (χ0n) is 10.2. The number of aliphatic hydroxyl groups excluding tert-OH is 1. The number of nitrogens with zero attached hydrogens (tertiary/aromatic N) is 2. The van der Waals surface area contributed by atoms with Crippen molar-refractivity contribution in [1.82, 2.24) is 4.98 Å². The highest BCUT2D eigenvalue weighted by Crippen LogP contribution is 2.26. The molecule has 1 fully saturated rings. The summed E-state index contributed by atoms with van der Waals surface area (Å²) in [5.41, 5.74) is 8.08. The molecule has 3 N–H and O–H groups in total. The second-order valence-electron chi connectivity index (χ2n) is 4.68.